The maximum atomic E-state index is 13.7. The molecule has 0 aromatic heterocycles. The summed E-state index contributed by atoms with van der Waals surface area (Å²) in [5, 5.41) is 0. The van der Waals surface area contributed by atoms with E-state index in [-0.39, 0.29) is 17.7 Å². The summed E-state index contributed by atoms with van der Waals surface area (Å²) in [5.41, 5.74) is 5.96. The summed E-state index contributed by atoms with van der Waals surface area (Å²) in [4.78, 5) is 27.4. The van der Waals surface area contributed by atoms with E-state index in [1.807, 2.05) is 18.2 Å². The van der Waals surface area contributed by atoms with Gasteiger partial charge in [-0.05, 0) is 163 Å². The minimum absolute atomic E-state index is 0.225. The van der Waals surface area contributed by atoms with Crippen LogP contribution in [0.1, 0.15) is 49.8 Å². The Balaban J connectivity index is 0.000000157. The van der Waals surface area contributed by atoms with Gasteiger partial charge in [0, 0.05) is 44.6 Å². The van der Waals surface area contributed by atoms with Gasteiger partial charge >= 0.3 is 0 Å². The topological polar surface area (TPSA) is 43.9 Å². The summed E-state index contributed by atoms with van der Waals surface area (Å²) in [6.45, 7) is 8.74. The molecule has 3 heterocycles. The first-order valence-corrected chi connectivity index (χ1v) is 19.3. The van der Waals surface area contributed by atoms with Crippen LogP contribution in [0.3, 0.4) is 0 Å². The number of amides is 2. The monoisotopic (exact) mass is 1010 g/mol. The molecule has 13 heteroatoms. The van der Waals surface area contributed by atoms with Gasteiger partial charge < -0.3 is 14.7 Å². The molecule has 3 aromatic rings. The average Bonchev–Trinajstić information content (AvgIpc) is 3.03. The number of fused-ring (bicyclic) bond motifs is 3. The Hall–Kier alpha value is -1.12. The molecular formula is C33H31Br6F2N3O2. The van der Waals surface area contributed by atoms with Crippen LogP contribution in [0.2, 0.25) is 0 Å². The minimum Gasteiger partial charge on any atom is -0.346 e. The highest BCUT2D eigenvalue weighted by Gasteiger charge is 2.27. The molecule has 3 aliphatic heterocycles. The Morgan fingerprint density at radius 1 is 0.696 bits per heavy atom. The molecule has 0 aliphatic carbocycles. The predicted molar refractivity (Wildman–Crippen MR) is 204 cm³/mol. The fourth-order valence-electron chi connectivity index (χ4n) is 5.83. The van der Waals surface area contributed by atoms with Crippen LogP contribution in [0.4, 0.5) is 25.8 Å². The molecule has 0 spiro atoms. The molecule has 6 rings (SSSR count). The van der Waals surface area contributed by atoms with Crippen LogP contribution < -0.4 is 14.7 Å². The van der Waals surface area contributed by atoms with Gasteiger partial charge in [0.15, 0.2) is 11.6 Å². The van der Waals surface area contributed by atoms with E-state index in [9.17, 15) is 18.4 Å². The molecule has 46 heavy (non-hydrogen) atoms. The molecule has 2 unspecified atom stereocenters. The molecule has 0 radical (unpaired) electrons. The Morgan fingerprint density at radius 3 is 1.78 bits per heavy atom. The number of nitrogens with zero attached hydrogens (tertiary/aromatic N) is 3. The average molecular weight is 1020 g/mol. The highest BCUT2D eigenvalue weighted by molar-refractivity contribution is 9.11. The van der Waals surface area contributed by atoms with Gasteiger partial charge in [0.25, 0.3) is 0 Å². The number of hydrogen-bond donors (Lipinski definition) is 0. The van der Waals surface area contributed by atoms with E-state index in [4.69, 9.17) is 0 Å². The van der Waals surface area contributed by atoms with Gasteiger partial charge in [0.1, 0.15) is 0 Å². The van der Waals surface area contributed by atoms with Crippen molar-refractivity contribution in [3.63, 3.8) is 0 Å². The van der Waals surface area contributed by atoms with Gasteiger partial charge in [0.2, 0.25) is 12.8 Å². The summed E-state index contributed by atoms with van der Waals surface area (Å²) in [6, 6.07) is 8.21. The number of hydrogen-bond acceptors (Lipinski definition) is 3. The van der Waals surface area contributed by atoms with E-state index in [2.05, 4.69) is 121 Å². The third-order valence-corrected chi connectivity index (χ3v) is 12.3. The summed E-state index contributed by atoms with van der Waals surface area (Å²) >= 11 is 19.9. The molecular weight excluding hydrogens is 988 g/mol. The van der Waals surface area contributed by atoms with Gasteiger partial charge in [-0.3, -0.25) is 9.59 Å². The molecule has 0 fully saturated rings. The molecule has 5 nitrogen and oxygen atoms in total. The first-order valence-electron chi connectivity index (χ1n) is 14.5. The van der Waals surface area contributed by atoms with Gasteiger partial charge in [-0.1, -0.05) is 38.4 Å². The zero-order valence-corrected chi connectivity index (χ0v) is 34.6. The molecule has 0 saturated carbocycles. The minimum atomic E-state index is -0.304. The molecule has 2 amide bonds. The van der Waals surface area contributed by atoms with Gasteiger partial charge in [-0.15, -0.1) is 0 Å². The van der Waals surface area contributed by atoms with E-state index in [1.165, 1.54) is 5.56 Å². The molecule has 2 atom stereocenters. The van der Waals surface area contributed by atoms with Crippen molar-refractivity contribution in [2.24, 2.45) is 0 Å². The van der Waals surface area contributed by atoms with Crippen LogP contribution in [0.15, 0.2) is 63.9 Å². The van der Waals surface area contributed by atoms with Crippen LogP contribution in [0.5, 0.6) is 0 Å². The van der Waals surface area contributed by atoms with Crippen LogP contribution in [0, 0.1) is 11.6 Å². The predicted octanol–water partition coefficient (Wildman–Crippen LogP) is 11.4. The second-order valence-electron chi connectivity index (χ2n) is 11.1. The maximum Gasteiger partial charge on any atom is 0.214 e. The number of halogens is 8. The number of anilines is 3. The second kappa shape index (κ2) is 16.5. The summed E-state index contributed by atoms with van der Waals surface area (Å²) in [7, 11) is 0. The zero-order chi connectivity index (χ0) is 33.9. The Kier molecular flexibility index (Phi) is 13.5. The lowest BCUT2D eigenvalue weighted by Crippen LogP contribution is -2.36. The van der Waals surface area contributed by atoms with Crippen molar-refractivity contribution >= 4 is 125 Å². The third-order valence-electron chi connectivity index (χ3n) is 8.32. The molecule has 3 aromatic carbocycles. The largest absolute Gasteiger partial charge is 0.346 e. The lowest BCUT2D eigenvalue weighted by atomic mass is 9.97. The maximum absolute atomic E-state index is 13.7. The van der Waals surface area contributed by atoms with Crippen LogP contribution in [-0.2, 0) is 28.9 Å². The molecule has 246 valence electrons. The highest BCUT2D eigenvalue weighted by atomic mass is 79.9. The van der Waals surface area contributed by atoms with Crippen LogP contribution in [0.25, 0.3) is 0 Å². The van der Waals surface area contributed by atoms with Crippen molar-refractivity contribution in [3.8, 4) is 0 Å². The first-order chi connectivity index (χ1) is 21.8. The van der Waals surface area contributed by atoms with Crippen LogP contribution >= 0.6 is 95.6 Å². The zero-order valence-electron chi connectivity index (χ0n) is 25.0. The van der Waals surface area contributed by atoms with Gasteiger partial charge in [0.05, 0.1) is 17.9 Å². The normalized spacial score (nSPS) is 18.2. The van der Waals surface area contributed by atoms with E-state index >= 15 is 0 Å². The lowest BCUT2D eigenvalue weighted by molar-refractivity contribution is -0.108. The van der Waals surface area contributed by atoms with Crippen molar-refractivity contribution in [1.82, 2.24) is 0 Å². The second-order valence-corrected chi connectivity index (χ2v) is 16.2. The van der Waals surface area contributed by atoms with Gasteiger partial charge in [-0.25, -0.2) is 8.78 Å². The number of rotatable bonds is 3. The summed E-state index contributed by atoms with van der Waals surface area (Å²) < 4.78 is 31.2. The van der Waals surface area contributed by atoms with E-state index in [0.717, 1.165) is 88.5 Å². The quantitative estimate of drug-likeness (QED) is 0.194. The van der Waals surface area contributed by atoms with Crippen molar-refractivity contribution in [2.75, 3.05) is 21.2 Å². The molecule has 0 bridgehead atoms. The molecule has 0 saturated heterocycles. The number of benzene rings is 3. The van der Waals surface area contributed by atoms with Crippen molar-refractivity contribution in [2.45, 2.75) is 64.5 Å². The summed E-state index contributed by atoms with van der Waals surface area (Å²) in [5.74, 6) is -0.529. The summed E-state index contributed by atoms with van der Waals surface area (Å²) in [6.07, 6.45) is 9.12. The fourth-order valence-corrected chi connectivity index (χ4v) is 9.82. The highest BCUT2D eigenvalue weighted by Crippen LogP contribution is 2.41. The molecule has 0 N–H and O–H groups in total. The van der Waals surface area contributed by atoms with E-state index < -0.39 is 0 Å². The smallest absolute Gasteiger partial charge is 0.214 e. The van der Waals surface area contributed by atoms with Crippen molar-refractivity contribution in [3.05, 3.63) is 92.2 Å². The number of carbonyl (C=O) groups is 2. The van der Waals surface area contributed by atoms with Crippen molar-refractivity contribution < 1.29 is 18.4 Å². The Morgan fingerprint density at radius 2 is 1.22 bits per heavy atom. The van der Waals surface area contributed by atoms with Crippen LogP contribution in [-0.4, -0.2) is 31.4 Å². The van der Waals surface area contributed by atoms with Crippen molar-refractivity contribution in [1.29, 1.82) is 0 Å². The Labute approximate surface area is 318 Å². The Bertz CT molecular complexity index is 1660. The fraction of sp³-hybridized carbons (Fsp3) is 0.333. The molecule has 3 aliphatic rings. The van der Waals surface area contributed by atoms with Gasteiger partial charge in [-0.2, -0.15) is 0 Å². The van der Waals surface area contributed by atoms with E-state index in [1.54, 1.807) is 22.1 Å². The SMILES string of the molecule is C=CN1c2cc(Br)c(F)c(Br)c2CCC1C.CC1CCc2c(Br)cc(Br)cc2N1C=O.O=CN1CCCc2c1cc(Br)c(F)c2Br. The lowest BCUT2D eigenvalue weighted by Gasteiger charge is -2.35. The third kappa shape index (κ3) is 8.01. The first kappa shape index (κ1) is 37.7. The standard InChI is InChI=1S/C12H12Br2FN.C11H11Br2NO.C10H8Br2FNO/c1-3-16-7(2)4-5-8-10(16)6-9(13)12(15)11(8)14;1-7-2-3-9-10(13)4-8(12)5-11(9)14(7)6-15;11-7-4-8-6(9(12)10(7)13)2-1-3-14(8)5-15/h3,6-7H,1,4-5H2,2H3;4-7H,2-3H2,1H3;4-5H,1-3H2. The van der Waals surface area contributed by atoms with E-state index in [0.29, 0.717) is 30.5 Å². The number of carbonyl (C=O) groups excluding carboxylic acids is 2.